The smallest absolute Gasteiger partial charge is 0.0175 e. The zero-order valence-electron chi connectivity index (χ0n) is 7.29. The van der Waals surface area contributed by atoms with Crippen LogP contribution in [-0.4, -0.2) is 5.75 Å². The van der Waals surface area contributed by atoms with E-state index in [-0.39, 0.29) is 0 Å². The van der Waals surface area contributed by atoms with Crippen LogP contribution in [0.1, 0.15) is 18.4 Å². The van der Waals surface area contributed by atoms with Gasteiger partial charge in [-0.15, -0.1) is 11.8 Å². The normalized spacial score (nSPS) is 19.6. The highest BCUT2D eigenvalue weighted by atomic mass is 79.9. The average molecular weight is 255 g/mol. The molecule has 0 nitrogen and oxygen atoms in total. The average Bonchev–Trinajstić information content (AvgIpc) is 2.62. The van der Waals surface area contributed by atoms with Crippen LogP contribution in [0.15, 0.2) is 33.6 Å². The first-order valence-corrected chi connectivity index (χ1v) is 6.21. The topological polar surface area (TPSA) is 0 Å². The lowest BCUT2D eigenvalue weighted by Crippen LogP contribution is -1.73. The van der Waals surface area contributed by atoms with Crippen LogP contribution in [-0.2, 0) is 0 Å². The number of hydrogen-bond donors (Lipinski definition) is 0. The molecular formula is C11H11BrS. The van der Waals surface area contributed by atoms with Crippen molar-refractivity contribution in [2.24, 2.45) is 0 Å². The van der Waals surface area contributed by atoms with Crippen LogP contribution in [0, 0.1) is 0 Å². The summed E-state index contributed by atoms with van der Waals surface area (Å²) in [4.78, 5) is 1.53. The molecule has 68 valence electrons. The monoisotopic (exact) mass is 254 g/mol. The minimum atomic E-state index is 1.15. The van der Waals surface area contributed by atoms with Crippen molar-refractivity contribution in [1.82, 2.24) is 0 Å². The van der Waals surface area contributed by atoms with Crippen molar-refractivity contribution in [2.75, 3.05) is 5.75 Å². The molecule has 1 aliphatic rings. The maximum absolute atomic E-state index is 3.43. The summed E-state index contributed by atoms with van der Waals surface area (Å²) in [6.07, 6.45) is 4.90. The van der Waals surface area contributed by atoms with Crippen molar-refractivity contribution < 1.29 is 0 Å². The maximum atomic E-state index is 3.43. The van der Waals surface area contributed by atoms with E-state index in [0.29, 0.717) is 0 Å². The molecule has 0 saturated carbocycles. The van der Waals surface area contributed by atoms with E-state index in [9.17, 15) is 0 Å². The zero-order valence-corrected chi connectivity index (χ0v) is 9.70. The minimum Gasteiger partial charge on any atom is -0.131 e. The lowest BCUT2D eigenvalue weighted by Gasteiger charge is -1.96. The van der Waals surface area contributed by atoms with Crippen LogP contribution in [0.5, 0.6) is 0 Å². The number of thioether (sulfide) groups is 1. The second-order valence-electron chi connectivity index (χ2n) is 3.11. The molecule has 0 bridgehead atoms. The van der Waals surface area contributed by atoms with Gasteiger partial charge in [-0.1, -0.05) is 28.1 Å². The Hall–Kier alpha value is -0.210. The molecule has 0 N–H and O–H groups in total. The molecule has 1 aromatic rings. The van der Waals surface area contributed by atoms with Crippen molar-refractivity contribution in [2.45, 2.75) is 12.8 Å². The third kappa shape index (κ3) is 2.61. The van der Waals surface area contributed by atoms with Crippen LogP contribution >= 0.6 is 27.7 Å². The summed E-state index contributed by atoms with van der Waals surface area (Å²) in [5, 5.41) is 0. The minimum absolute atomic E-state index is 1.15. The van der Waals surface area contributed by atoms with Gasteiger partial charge in [-0.2, -0.15) is 0 Å². The van der Waals surface area contributed by atoms with Crippen LogP contribution < -0.4 is 0 Å². The first-order chi connectivity index (χ1) is 6.34. The summed E-state index contributed by atoms with van der Waals surface area (Å²) >= 11 is 5.42. The molecule has 0 aliphatic carbocycles. The summed E-state index contributed by atoms with van der Waals surface area (Å²) in [6, 6.07) is 8.48. The molecule has 0 radical (unpaired) electrons. The van der Waals surface area contributed by atoms with Gasteiger partial charge in [0.1, 0.15) is 0 Å². The molecule has 2 rings (SSSR count). The van der Waals surface area contributed by atoms with Gasteiger partial charge >= 0.3 is 0 Å². The van der Waals surface area contributed by atoms with Gasteiger partial charge < -0.3 is 0 Å². The van der Waals surface area contributed by atoms with E-state index in [0.717, 1.165) is 4.47 Å². The SMILES string of the molecule is Brc1ccc(/C=C2\CCCS2)cc1. The van der Waals surface area contributed by atoms with Gasteiger partial charge in [0.05, 0.1) is 0 Å². The molecule has 1 saturated heterocycles. The van der Waals surface area contributed by atoms with Crippen molar-refractivity contribution in [3.63, 3.8) is 0 Å². The summed E-state index contributed by atoms with van der Waals surface area (Å²) in [5.41, 5.74) is 1.31. The first-order valence-electron chi connectivity index (χ1n) is 4.43. The van der Waals surface area contributed by atoms with E-state index in [1.54, 1.807) is 0 Å². The standard InChI is InChI=1S/C11H11BrS/c12-10-5-3-9(4-6-10)8-11-2-1-7-13-11/h3-6,8H,1-2,7H2/b11-8+. The van der Waals surface area contributed by atoms with E-state index < -0.39 is 0 Å². The lowest BCUT2D eigenvalue weighted by molar-refractivity contribution is 0.999. The number of benzene rings is 1. The highest BCUT2D eigenvalue weighted by Gasteiger charge is 2.06. The van der Waals surface area contributed by atoms with Crippen LogP contribution in [0.4, 0.5) is 0 Å². The van der Waals surface area contributed by atoms with Crippen LogP contribution in [0.2, 0.25) is 0 Å². The third-order valence-corrected chi connectivity index (χ3v) is 3.77. The van der Waals surface area contributed by atoms with E-state index in [2.05, 4.69) is 46.3 Å². The Balaban J connectivity index is 2.17. The van der Waals surface area contributed by atoms with Gasteiger partial charge in [0, 0.05) is 4.47 Å². The molecule has 13 heavy (non-hydrogen) atoms. The molecule has 1 heterocycles. The van der Waals surface area contributed by atoms with Gasteiger partial charge in [0.2, 0.25) is 0 Å². The fourth-order valence-corrected chi connectivity index (χ4v) is 2.70. The van der Waals surface area contributed by atoms with Gasteiger partial charge in [0.25, 0.3) is 0 Å². The largest absolute Gasteiger partial charge is 0.131 e. The van der Waals surface area contributed by atoms with E-state index >= 15 is 0 Å². The second-order valence-corrected chi connectivity index (χ2v) is 5.25. The highest BCUT2D eigenvalue weighted by molar-refractivity contribution is 9.10. The molecule has 0 amide bonds. The van der Waals surface area contributed by atoms with Gasteiger partial charge in [-0.3, -0.25) is 0 Å². The van der Waals surface area contributed by atoms with Gasteiger partial charge in [0.15, 0.2) is 0 Å². The first kappa shape index (κ1) is 9.35. The summed E-state index contributed by atoms with van der Waals surface area (Å²) < 4.78 is 1.15. The second kappa shape index (κ2) is 4.34. The Bertz CT molecular complexity index is 305. The quantitative estimate of drug-likeness (QED) is 0.720. The summed E-state index contributed by atoms with van der Waals surface area (Å²) in [5.74, 6) is 1.29. The number of allylic oxidation sites excluding steroid dienone is 1. The van der Waals surface area contributed by atoms with Crippen molar-refractivity contribution in [1.29, 1.82) is 0 Å². The molecule has 0 spiro atoms. The fraction of sp³-hybridized carbons (Fsp3) is 0.273. The Morgan fingerprint density at radius 3 is 2.62 bits per heavy atom. The van der Waals surface area contributed by atoms with Crippen molar-refractivity contribution >= 4 is 33.8 Å². The molecule has 1 aromatic carbocycles. The predicted octanol–water partition coefficient (Wildman–Crippen LogP) is 4.32. The van der Waals surface area contributed by atoms with Crippen LogP contribution in [0.3, 0.4) is 0 Å². The van der Waals surface area contributed by atoms with E-state index in [1.807, 2.05) is 11.8 Å². The molecule has 0 atom stereocenters. The number of rotatable bonds is 1. The van der Waals surface area contributed by atoms with Crippen LogP contribution in [0.25, 0.3) is 6.08 Å². The molecular weight excluding hydrogens is 244 g/mol. The molecule has 0 unspecified atom stereocenters. The predicted molar refractivity (Wildman–Crippen MR) is 63.8 cm³/mol. The molecule has 2 heteroatoms. The number of hydrogen-bond acceptors (Lipinski definition) is 1. The summed E-state index contributed by atoms with van der Waals surface area (Å²) in [7, 11) is 0. The Kier molecular flexibility index (Phi) is 3.12. The zero-order chi connectivity index (χ0) is 9.10. The third-order valence-electron chi connectivity index (χ3n) is 2.05. The molecule has 1 aliphatic heterocycles. The lowest BCUT2D eigenvalue weighted by atomic mass is 10.2. The van der Waals surface area contributed by atoms with Gasteiger partial charge in [-0.25, -0.2) is 0 Å². The van der Waals surface area contributed by atoms with E-state index in [1.165, 1.54) is 29.1 Å². The fourth-order valence-electron chi connectivity index (χ4n) is 1.38. The van der Waals surface area contributed by atoms with Crippen molar-refractivity contribution in [3.8, 4) is 0 Å². The van der Waals surface area contributed by atoms with Crippen molar-refractivity contribution in [3.05, 3.63) is 39.2 Å². The highest BCUT2D eigenvalue weighted by Crippen LogP contribution is 2.31. The molecule has 1 fully saturated rings. The number of halogens is 1. The maximum Gasteiger partial charge on any atom is 0.0175 e. The Morgan fingerprint density at radius 1 is 1.23 bits per heavy atom. The Morgan fingerprint density at radius 2 is 2.00 bits per heavy atom. The van der Waals surface area contributed by atoms with Gasteiger partial charge in [-0.05, 0) is 47.3 Å². The molecule has 0 aromatic heterocycles. The van der Waals surface area contributed by atoms with E-state index in [4.69, 9.17) is 0 Å². The Labute approximate surface area is 91.6 Å². The summed E-state index contributed by atoms with van der Waals surface area (Å²) in [6.45, 7) is 0.